The molecule has 1 aliphatic carbocycles. The number of fused-ring (bicyclic) bond motifs is 1. The lowest BCUT2D eigenvalue weighted by Crippen LogP contribution is -2.49. The number of carboxylic acids is 2. The number of rotatable bonds is 7. The largest absolute Gasteiger partial charge is 0.481 e. The van der Waals surface area contributed by atoms with Crippen LogP contribution in [0.2, 0.25) is 0 Å². The first-order chi connectivity index (χ1) is 15.3. The maximum Gasteiger partial charge on any atom is 0.341 e. The number of amides is 1. The lowest BCUT2D eigenvalue weighted by atomic mass is 10.1. The van der Waals surface area contributed by atoms with Gasteiger partial charge in [-0.2, -0.15) is 0 Å². The van der Waals surface area contributed by atoms with Gasteiger partial charge >= 0.3 is 11.9 Å². The molecule has 170 valence electrons. The zero-order valence-electron chi connectivity index (χ0n) is 17.1. The van der Waals surface area contributed by atoms with Gasteiger partial charge in [-0.3, -0.25) is 14.4 Å². The molecule has 0 spiro atoms. The van der Waals surface area contributed by atoms with Crippen LogP contribution in [0.15, 0.2) is 23.1 Å². The van der Waals surface area contributed by atoms with Crippen molar-refractivity contribution in [1.82, 2.24) is 9.47 Å². The van der Waals surface area contributed by atoms with E-state index in [4.69, 9.17) is 5.11 Å². The number of nitrogens with zero attached hydrogens (tertiary/aromatic N) is 3. The molecule has 0 atom stereocenters. The van der Waals surface area contributed by atoms with E-state index >= 15 is 0 Å². The van der Waals surface area contributed by atoms with Crippen molar-refractivity contribution >= 4 is 46.2 Å². The van der Waals surface area contributed by atoms with E-state index in [2.05, 4.69) is 0 Å². The number of carbonyl (C=O) groups is 3. The zero-order valence-corrected chi connectivity index (χ0v) is 17.9. The summed E-state index contributed by atoms with van der Waals surface area (Å²) >= 11 is 1.04. The topological polar surface area (TPSA) is 120 Å². The SMILES string of the molecule is O=C(O)CSCC(=O)N1CCN(c2cc3c(cc2F)c(=O)c(C(=O)O)cn3C2CC2)CC1. The van der Waals surface area contributed by atoms with Crippen molar-refractivity contribution in [3.05, 3.63) is 39.9 Å². The number of aromatic nitrogens is 1. The maximum absolute atomic E-state index is 15.0. The zero-order chi connectivity index (χ0) is 23.0. The second-order valence-electron chi connectivity index (χ2n) is 7.89. The highest BCUT2D eigenvalue weighted by Gasteiger charge is 2.29. The summed E-state index contributed by atoms with van der Waals surface area (Å²) in [6, 6.07) is 2.79. The highest BCUT2D eigenvalue weighted by atomic mass is 32.2. The summed E-state index contributed by atoms with van der Waals surface area (Å²) in [5, 5.41) is 18.1. The summed E-state index contributed by atoms with van der Waals surface area (Å²) in [5.41, 5.74) is -0.266. The van der Waals surface area contributed by atoms with Crippen LogP contribution in [0.25, 0.3) is 10.9 Å². The van der Waals surface area contributed by atoms with E-state index in [1.165, 1.54) is 6.20 Å². The third-order valence-electron chi connectivity index (χ3n) is 5.70. The van der Waals surface area contributed by atoms with Crippen LogP contribution in [0.5, 0.6) is 0 Å². The van der Waals surface area contributed by atoms with Gasteiger partial charge in [0.15, 0.2) is 0 Å². The number of benzene rings is 1. The number of carboxylic acid groups (broad SMARTS) is 2. The number of aromatic carboxylic acids is 1. The standard InChI is InChI=1S/C21H22FN3O6S/c22-15-7-13-16(25(12-1-2-12)9-14(20(13)29)21(30)31)8-17(15)23-3-5-24(6-4-23)18(26)10-32-11-19(27)28/h7-9,12H,1-6,10-11H2,(H,27,28)(H,30,31). The first-order valence-corrected chi connectivity index (χ1v) is 11.4. The summed E-state index contributed by atoms with van der Waals surface area (Å²) in [5.74, 6) is -3.14. The van der Waals surface area contributed by atoms with Gasteiger partial charge in [-0.15, -0.1) is 11.8 Å². The molecule has 2 aromatic rings. The molecule has 2 aliphatic rings. The van der Waals surface area contributed by atoms with Gasteiger partial charge in [-0.25, -0.2) is 9.18 Å². The predicted molar refractivity (Wildman–Crippen MR) is 117 cm³/mol. The lowest BCUT2D eigenvalue weighted by molar-refractivity contribution is -0.133. The van der Waals surface area contributed by atoms with Crippen molar-refractivity contribution in [2.24, 2.45) is 0 Å². The molecule has 2 fully saturated rings. The number of halogens is 1. The van der Waals surface area contributed by atoms with Crippen LogP contribution >= 0.6 is 11.8 Å². The van der Waals surface area contributed by atoms with Gasteiger partial charge in [0.25, 0.3) is 0 Å². The minimum atomic E-state index is -1.34. The van der Waals surface area contributed by atoms with Crippen LogP contribution in [0.1, 0.15) is 29.2 Å². The molecule has 2 heterocycles. The lowest BCUT2D eigenvalue weighted by Gasteiger charge is -2.36. The number of piperazine rings is 1. The maximum atomic E-state index is 15.0. The number of pyridine rings is 1. The predicted octanol–water partition coefficient (Wildman–Crippen LogP) is 1.64. The number of hydrogen-bond acceptors (Lipinski definition) is 6. The monoisotopic (exact) mass is 463 g/mol. The number of aliphatic carboxylic acids is 1. The smallest absolute Gasteiger partial charge is 0.341 e. The Balaban J connectivity index is 1.56. The van der Waals surface area contributed by atoms with Crippen LogP contribution in [0.3, 0.4) is 0 Å². The van der Waals surface area contributed by atoms with Gasteiger partial charge in [0.05, 0.1) is 22.7 Å². The fourth-order valence-corrected chi connectivity index (χ4v) is 4.56. The molecule has 2 N–H and O–H groups in total. The number of carbonyl (C=O) groups excluding carboxylic acids is 1. The average Bonchev–Trinajstić information content (AvgIpc) is 3.59. The van der Waals surface area contributed by atoms with Gasteiger partial charge in [-0.05, 0) is 25.0 Å². The second-order valence-corrected chi connectivity index (χ2v) is 8.88. The van der Waals surface area contributed by atoms with E-state index in [1.807, 2.05) is 0 Å². The Morgan fingerprint density at radius 1 is 1.06 bits per heavy atom. The Labute approximate surface area is 186 Å². The molecule has 0 unspecified atom stereocenters. The van der Waals surface area contributed by atoms with Gasteiger partial charge in [0.2, 0.25) is 11.3 Å². The van der Waals surface area contributed by atoms with E-state index in [0.29, 0.717) is 37.4 Å². The third-order valence-corrected chi connectivity index (χ3v) is 6.60. The Morgan fingerprint density at radius 2 is 1.75 bits per heavy atom. The Hall–Kier alpha value is -3.08. The first kappa shape index (κ1) is 22.1. The van der Waals surface area contributed by atoms with Crippen LogP contribution in [-0.4, -0.2) is 75.2 Å². The molecule has 9 nitrogen and oxygen atoms in total. The van der Waals surface area contributed by atoms with Gasteiger partial charge in [-0.1, -0.05) is 0 Å². The Bertz CT molecular complexity index is 1150. The molecule has 1 saturated heterocycles. The minimum Gasteiger partial charge on any atom is -0.481 e. The fraction of sp³-hybridized carbons (Fsp3) is 0.429. The molecular formula is C21H22FN3O6S. The molecular weight excluding hydrogens is 441 g/mol. The van der Waals surface area contributed by atoms with Crippen molar-refractivity contribution in [3.8, 4) is 0 Å². The van der Waals surface area contributed by atoms with Crippen LogP contribution in [-0.2, 0) is 9.59 Å². The molecule has 0 bridgehead atoms. The Morgan fingerprint density at radius 3 is 2.34 bits per heavy atom. The molecule has 0 radical (unpaired) electrons. The van der Waals surface area contributed by atoms with E-state index in [-0.39, 0.29) is 34.4 Å². The summed E-state index contributed by atoms with van der Waals surface area (Å²) in [6.07, 6.45) is 3.08. The average molecular weight is 463 g/mol. The highest BCUT2D eigenvalue weighted by Crippen LogP contribution is 2.38. The first-order valence-electron chi connectivity index (χ1n) is 10.2. The minimum absolute atomic E-state index is 0.0438. The molecule has 1 saturated carbocycles. The van der Waals surface area contributed by atoms with Crippen LogP contribution < -0.4 is 10.3 Å². The quantitative estimate of drug-likeness (QED) is 0.636. The van der Waals surface area contributed by atoms with E-state index in [0.717, 1.165) is 30.7 Å². The van der Waals surface area contributed by atoms with Crippen molar-refractivity contribution in [3.63, 3.8) is 0 Å². The van der Waals surface area contributed by atoms with Crippen molar-refractivity contribution < 1.29 is 29.0 Å². The van der Waals surface area contributed by atoms with Crippen LogP contribution in [0.4, 0.5) is 10.1 Å². The normalized spacial score (nSPS) is 16.4. The summed E-state index contributed by atoms with van der Waals surface area (Å²) in [6.45, 7) is 1.52. The van der Waals surface area contributed by atoms with Crippen molar-refractivity contribution in [2.75, 3.05) is 42.6 Å². The van der Waals surface area contributed by atoms with E-state index in [1.54, 1.807) is 20.4 Å². The number of hydrogen-bond donors (Lipinski definition) is 2. The molecule has 1 aliphatic heterocycles. The fourth-order valence-electron chi connectivity index (χ4n) is 3.92. The summed E-state index contributed by atoms with van der Waals surface area (Å²) in [4.78, 5) is 50.3. The Kier molecular flexibility index (Phi) is 6.09. The van der Waals surface area contributed by atoms with Crippen molar-refractivity contribution in [2.45, 2.75) is 18.9 Å². The molecule has 1 aromatic carbocycles. The van der Waals surface area contributed by atoms with Crippen LogP contribution in [0, 0.1) is 5.82 Å². The number of anilines is 1. The highest BCUT2D eigenvalue weighted by molar-refractivity contribution is 8.00. The molecule has 11 heteroatoms. The van der Waals surface area contributed by atoms with Gasteiger partial charge in [0, 0.05) is 43.8 Å². The van der Waals surface area contributed by atoms with Gasteiger partial charge in [0.1, 0.15) is 11.4 Å². The van der Waals surface area contributed by atoms with E-state index < -0.39 is 23.2 Å². The molecule has 1 amide bonds. The second kappa shape index (κ2) is 8.81. The summed E-state index contributed by atoms with van der Waals surface area (Å²) in [7, 11) is 0. The summed E-state index contributed by atoms with van der Waals surface area (Å²) < 4.78 is 16.7. The third kappa shape index (κ3) is 4.43. The van der Waals surface area contributed by atoms with Crippen molar-refractivity contribution in [1.29, 1.82) is 0 Å². The molecule has 32 heavy (non-hydrogen) atoms. The van der Waals surface area contributed by atoms with Gasteiger partial charge < -0.3 is 24.6 Å². The molecule has 1 aromatic heterocycles. The van der Waals surface area contributed by atoms with E-state index in [9.17, 15) is 28.7 Å². The number of thioether (sulfide) groups is 1. The molecule has 4 rings (SSSR count).